The number of hydrogen-bond donors (Lipinski definition) is 3. The van der Waals surface area contributed by atoms with E-state index in [2.05, 4.69) is 20.2 Å². The fourth-order valence-corrected chi connectivity index (χ4v) is 5.28. The number of phenols is 1. The van der Waals surface area contributed by atoms with Crippen LogP contribution in [0.25, 0.3) is 22.2 Å². The molecule has 0 aliphatic carbocycles. The minimum absolute atomic E-state index is 0.00827. The van der Waals surface area contributed by atoms with Crippen molar-refractivity contribution >= 4 is 46.0 Å². The number of nitrogens with one attached hydrogen (secondary N) is 1. The second-order valence-electron chi connectivity index (χ2n) is 10.3. The molecular formula is C27H26ClF3N8O4. The monoisotopic (exact) mass is 618 g/mol. The third kappa shape index (κ3) is 5.36. The number of fused-ring (bicyclic) bond motifs is 1. The van der Waals surface area contributed by atoms with Crippen LogP contribution in [0.3, 0.4) is 0 Å². The fourth-order valence-electron chi connectivity index (χ4n) is 5.14. The van der Waals surface area contributed by atoms with Crippen LogP contribution in [0.15, 0.2) is 29.5 Å². The van der Waals surface area contributed by atoms with E-state index in [4.69, 9.17) is 17.3 Å². The van der Waals surface area contributed by atoms with Crippen molar-refractivity contribution in [2.75, 3.05) is 36.9 Å². The van der Waals surface area contributed by atoms with E-state index < -0.39 is 63.4 Å². The van der Waals surface area contributed by atoms with Crippen LogP contribution in [0.2, 0.25) is 5.02 Å². The highest BCUT2D eigenvalue weighted by molar-refractivity contribution is 6.33. The summed E-state index contributed by atoms with van der Waals surface area (Å²) < 4.78 is 46.7. The van der Waals surface area contributed by atoms with Crippen molar-refractivity contribution < 1.29 is 27.9 Å². The number of aryl methyl sites for hydroxylation is 1. The van der Waals surface area contributed by atoms with Gasteiger partial charge in [-0.1, -0.05) is 11.6 Å². The SMILES string of the molecule is C[C@H]1CN(C)CCN1c1cc(NC(=O)Cn2cc(-c3cc(C(N)=O)c(O)c(F)c3F)c3c(=O)n(C)cnc32)c(Cl)c(F)n1. The summed E-state index contributed by atoms with van der Waals surface area (Å²) in [6, 6.07) is 2.27. The number of piperazine rings is 1. The molecule has 1 saturated heterocycles. The zero-order chi connectivity index (χ0) is 31.3. The summed E-state index contributed by atoms with van der Waals surface area (Å²) in [6.07, 6.45) is 2.34. The third-order valence-corrected chi connectivity index (χ3v) is 7.65. The lowest BCUT2D eigenvalue weighted by molar-refractivity contribution is -0.116. The molecule has 43 heavy (non-hydrogen) atoms. The summed E-state index contributed by atoms with van der Waals surface area (Å²) in [6.45, 7) is 3.46. The largest absolute Gasteiger partial charge is 0.504 e. The first kappa shape index (κ1) is 29.8. The van der Waals surface area contributed by atoms with Gasteiger partial charge in [0.25, 0.3) is 11.5 Å². The number of hydrogen-bond acceptors (Lipinski definition) is 8. The maximum Gasteiger partial charge on any atom is 0.263 e. The highest BCUT2D eigenvalue weighted by Gasteiger charge is 2.27. The van der Waals surface area contributed by atoms with E-state index in [9.17, 15) is 28.3 Å². The van der Waals surface area contributed by atoms with Crippen LogP contribution < -0.4 is 21.5 Å². The number of carbonyl (C=O) groups excluding carboxylic acids is 2. The second-order valence-corrected chi connectivity index (χ2v) is 10.7. The Balaban J connectivity index is 1.53. The van der Waals surface area contributed by atoms with Crippen molar-refractivity contribution in [3.63, 3.8) is 0 Å². The molecule has 226 valence electrons. The van der Waals surface area contributed by atoms with Gasteiger partial charge in [0.15, 0.2) is 11.6 Å². The normalized spacial score (nSPS) is 15.7. The molecule has 4 N–H and O–H groups in total. The lowest BCUT2D eigenvalue weighted by Gasteiger charge is -2.39. The van der Waals surface area contributed by atoms with Gasteiger partial charge in [0.2, 0.25) is 17.7 Å². The van der Waals surface area contributed by atoms with Crippen molar-refractivity contribution in [2.24, 2.45) is 12.8 Å². The van der Waals surface area contributed by atoms with Gasteiger partial charge in [-0.2, -0.15) is 8.78 Å². The molecule has 3 aromatic heterocycles. The van der Waals surface area contributed by atoms with Crippen molar-refractivity contribution in [1.29, 1.82) is 0 Å². The van der Waals surface area contributed by atoms with Crippen molar-refractivity contribution in [1.82, 2.24) is 24.0 Å². The van der Waals surface area contributed by atoms with Crippen LogP contribution in [0.4, 0.5) is 24.7 Å². The van der Waals surface area contributed by atoms with Crippen LogP contribution >= 0.6 is 11.6 Å². The standard InChI is InChI=1S/C27H26ClF3N8O4/c1-12-8-36(2)4-5-39(12)17-7-16(20(28)24(31)35-17)34-18(40)10-38-9-15(19-26(38)33-11-37(3)27(19)43)13-6-14(25(32)42)23(41)22(30)21(13)29/h6-7,9,11-12,41H,4-5,8,10H2,1-3H3,(H2,32,42)(H,34,35,40)/t12-/m0/s1. The van der Waals surface area contributed by atoms with Crippen LogP contribution in [-0.2, 0) is 18.4 Å². The van der Waals surface area contributed by atoms with Crippen molar-refractivity contribution in [3.05, 3.63) is 63.2 Å². The molecule has 4 heterocycles. The van der Waals surface area contributed by atoms with Crippen LogP contribution in [-0.4, -0.2) is 73.6 Å². The van der Waals surface area contributed by atoms with Crippen LogP contribution in [0, 0.1) is 17.6 Å². The van der Waals surface area contributed by atoms with Gasteiger partial charge in [-0.3, -0.25) is 14.4 Å². The molecule has 0 unspecified atom stereocenters. The molecule has 16 heteroatoms. The molecular weight excluding hydrogens is 593 g/mol. The number of aromatic hydroxyl groups is 1. The quantitative estimate of drug-likeness (QED) is 0.279. The minimum Gasteiger partial charge on any atom is -0.504 e. The summed E-state index contributed by atoms with van der Waals surface area (Å²) in [7, 11) is 3.35. The van der Waals surface area contributed by atoms with E-state index in [0.29, 0.717) is 6.54 Å². The topological polar surface area (TPSA) is 152 Å². The number of primary amides is 1. The smallest absolute Gasteiger partial charge is 0.263 e. The maximum absolute atomic E-state index is 15.1. The second kappa shape index (κ2) is 11.2. The number of nitrogens with zero attached hydrogens (tertiary/aromatic N) is 6. The van der Waals surface area contributed by atoms with E-state index in [1.54, 1.807) is 0 Å². The third-order valence-electron chi connectivity index (χ3n) is 7.29. The highest BCUT2D eigenvalue weighted by atomic mass is 35.5. The molecule has 0 bridgehead atoms. The number of rotatable bonds is 6. The van der Waals surface area contributed by atoms with Gasteiger partial charge in [0, 0.05) is 56.1 Å². The number of benzene rings is 1. The molecule has 0 radical (unpaired) electrons. The lowest BCUT2D eigenvalue weighted by atomic mass is 10.0. The average Bonchev–Trinajstić information content (AvgIpc) is 3.30. The number of anilines is 2. The Morgan fingerprint density at radius 2 is 1.88 bits per heavy atom. The van der Waals surface area contributed by atoms with Gasteiger partial charge in [-0.25, -0.2) is 14.4 Å². The zero-order valence-electron chi connectivity index (χ0n) is 23.2. The average molecular weight is 619 g/mol. The van der Waals surface area contributed by atoms with E-state index >= 15 is 4.39 Å². The molecule has 0 saturated carbocycles. The Hall–Kier alpha value is -4.63. The molecule has 4 aromatic rings. The Kier molecular flexibility index (Phi) is 7.79. The molecule has 1 atom stereocenters. The van der Waals surface area contributed by atoms with Crippen LogP contribution in [0.5, 0.6) is 5.75 Å². The van der Waals surface area contributed by atoms with E-state index in [0.717, 1.165) is 23.7 Å². The highest BCUT2D eigenvalue weighted by Crippen LogP contribution is 2.36. The first-order chi connectivity index (χ1) is 20.3. The Morgan fingerprint density at radius 3 is 2.56 bits per heavy atom. The number of carbonyl (C=O) groups is 2. The van der Waals surface area contributed by atoms with E-state index in [-0.39, 0.29) is 34.1 Å². The molecule has 1 aliphatic rings. The minimum atomic E-state index is -1.74. The summed E-state index contributed by atoms with van der Waals surface area (Å²) in [4.78, 5) is 50.2. The summed E-state index contributed by atoms with van der Waals surface area (Å²) >= 11 is 6.14. The van der Waals surface area contributed by atoms with Crippen molar-refractivity contribution in [2.45, 2.75) is 19.5 Å². The van der Waals surface area contributed by atoms with Crippen molar-refractivity contribution in [3.8, 4) is 16.9 Å². The first-order valence-corrected chi connectivity index (χ1v) is 13.3. The molecule has 1 aliphatic heterocycles. The molecule has 2 amide bonds. The van der Waals surface area contributed by atoms with Gasteiger partial charge in [-0.15, -0.1) is 0 Å². The lowest BCUT2D eigenvalue weighted by Crippen LogP contribution is -2.50. The Labute approximate surface area is 247 Å². The number of likely N-dealkylation sites (N-methyl/N-ethyl adjacent to an activating group) is 1. The Bertz CT molecular complexity index is 1860. The van der Waals surface area contributed by atoms with Crippen LogP contribution in [0.1, 0.15) is 17.3 Å². The first-order valence-electron chi connectivity index (χ1n) is 12.9. The molecule has 1 fully saturated rings. The number of aromatic nitrogens is 4. The number of nitrogens with two attached hydrogens (primary N) is 1. The van der Waals surface area contributed by atoms with Gasteiger partial charge >= 0.3 is 0 Å². The van der Waals surface area contributed by atoms with Gasteiger partial charge < -0.3 is 35.1 Å². The predicted octanol–water partition coefficient (Wildman–Crippen LogP) is 2.45. The fraction of sp³-hybridized carbons (Fsp3) is 0.296. The Morgan fingerprint density at radius 1 is 1.16 bits per heavy atom. The maximum atomic E-state index is 15.1. The molecule has 5 rings (SSSR count). The number of pyridine rings is 1. The van der Waals surface area contributed by atoms with Gasteiger partial charge in [0.1, 0.15) is 23.0 Å². The molecule has 12 nitrogen and oxygen atoms in total. The summed E-state index contributed by atoms with van der Waals surface area (Å²) in [5.74, 6) is -7.23. The zero-order valence-corrected chi connectivity index (χ0v) is 23.9. The van der Waals surface area contributed by atoms with E-state index in [1.165, 1.54) is 30.2 Å². The summed E-state index contributed by atoms with van der Waals surface area (Å²) in [5.41, 5.74) is 2.94. The number of halogens is 4. The van der Waals surface area contributed by atoms with E-state index in [1.807, 2.05) is 18.9 Å². The number of amides is 2. The molecule has 0 spiro atoms. The summed E-state index contributed by atoms with van der Waals surface area (Å²) in [5, 5.41) is 11.8. The van der Waals surface area contributed by atoms with Gasteiger partial charge in [-0.05, 0) is 20.0 Å². The molecule has 1 aromatic carbocycles. The van der Waals surface area contributed by atoms with Gasteiger partial charge in [0.05, 0.1) is 23.0 Å². The predicted molar refractivity (Wildman–Crippen MR) is 153 cm³/mol.